The maximum absolute atomic E-state index is 12.8. The van der Waals surface area contributed by atoms with Crippen LogP contribution in [0.5, 0.6) is 0 Å². The number of aryl methyl sites for hydroxylation is 1. The van der Waals surface area contributed by atoms with E-state index in [9.17, 15) is 9.90 Å². The molecule has 0 aliphatic carbocycles. The highest BCUT2D eigenvalue weighted by Gasteiger charge is 2.38. The third-order valence-electron chi connectivity index (χ3n) is 8.66. The van der Waals surface area contributed by atoms with Gasteiger partial charge in [0.15, 0.2) is 6.29 Å². The zero-order valence-electron chi connectivity index (χ0n) is 27.0. The van der Waals surface area contributed by atoms with Crippen molar-refractivity contribution < 1.29 is 19.4 Å². The lowest BCUT2D eigenvalue weighted by molar-refractivity contribution is -0.268. The zero-order chi connectivity index (χ0) is 33.7. The number of aromatic nitrogens is 6. The Bertz CT molecular complexity index is 2060. The predicted molar refractivity (Wildman–Crippen MR) is 185 cm³/mol. The topological polar surface area (TPSA) is 137 Å². The number of fused-ring (bicyclic) bond motifs is 1. The van der Waals surface area contributed by atoms with Crippen molar-refractivity contribution >= 4 is 28.7 Å². The molecular weight excluding hydrogens is 639 g/mol. The van der Waals surface area contributed by atoms with Gasteiger partial charge in [-0.2, -0.15) is 0 Å². The highest BCUT2D eigenvalue weighted by atomic mass is 32.2. The predicted octanol–water partition coefficient (Wildman–Crippen LogP) is 5.83. The molecule has 0 radical (unpaired) electrons. The summed E-state index contributed by atoms with van der Waals surface area (Å²) in [5.41, 5.74) is 7.51. The van der Waals surface area contributed by atoms with E-state index < -0.39 is 6.29 Å². The van der Waals surface area contributed by atoms with Crippen LogP contribution in [-0.2, 0) is 29.7 Å². The van der Waals surface area contributed by atoms with Crippen molar-refractivity contribution in [2.45, 2.75) is 43.7 Å². The Morgan fingerprint density at radius 1 is 0.898 bits per heavy atom. The molecule has 0 bridgehead atoms. The Morgan fingerprint density at radius 3 is 2.43 bits per heavy atom. The quantitative estimate of drug-likeness (QED) is 0.171. The second-order valence-corrected chi connectivity index (χ2v) is 13.0. The molecule has 248 valence electrons. The number of rotatable bonds is 10. The fourth-order valence-electron chi connectivity index (χ4n) is 5.84. The van der Waals surface area contributed by atoms with E-state index in [1.54, 1.807) is 16.4 Å². The van der Waals surface area contributed by atoms with E-state index in [2.05, 4.69) is 55.9 Å². The lowest BCUT2D eigenvalue weighted by Crippen LogP contribution is -2.38. The van der Waals surface area contributed by atoms with Crippen molar-refractivity contribution in [2.75, 3.05) is 5.75 Å². The number of hydrogen-bond acceptors (Lipinski definition) is 10. The van der Waals surface area contributed by atoms with Crippen molar-refractivity contribution in [3.05, 3.63) is 131 Å². The molecule has 1 aliphatic heterocycles. The number of aliphatic hydroxyl groups excluding tert-OH is 1. The van der Waals surface area contributed by atoms with Gasteiger partial charge in [-0.3, -0.25) is 9.78 Å². The molecule has 11 nitrogen and oxygen atoms in total. The molecule has 1 saturated heterocycles. The first kappa shape index (κ1) is 32.5. The summed E-state index contributed by atoms with van der Waals surface area (Å²) in [4.78, 5) is 21.6. The fourth-order valence-corrected chi connectivity index (χ4v) is 6.86. The van der Waals surface area contributed by atoms with Gasteiger partial charge in [-0.05, 0) is 56.4 Å². The lowest BCUT2D eigenvalue weighted by Gasteiger charge is -2.41. The number of benzene rings is 4. The van der Waals surface area contributed by atoms with E-state index in [0.717, 1.165) is 44.1 Å². The standard InChI is InChI=1S/C37H35N7O4S/c1-23-33(22-49-37-41-42-43-44(37)2)47-36(48-34(23)27-12-10-24(21-45)11-13-27)28-16-14-26(15-17-28)29-7-5-6-25(18-29)19-39-35(46)32-20-38-30-8-3-4-9-31(30)40-32/h3-18,20,23,33-34,36,45H,19,21-22H2,1-2H3,(H,39,46). The number of ether oxygens (including phenoxy) is 2. The highest BCUT2D eigenvalue weighted by Crippen LogP contribution is 2.43. The van der Waals surface area contributed by atoms with Gasteiger partial charge in [-0.25, -0.2) is 9.67 Å². The number of amides is 1. The molecule has 1 fully saturated rings. The van der Waals surface area contributed by atoms with E-state index in [1.807, 2.05) is 85.9 Å². The monoisotopic (exact) mass is 673 g/mol. The zero-order valence-corrected chi connectivity index (χ0v) is 27.8. The molecule has 7 rings (SSSR count). The molecule has 2 aromatic heterocycles. The molecule has 2 N–H and O–H groups in total. The van der Waals surface area contributed by atoms with Gasteiger partial charge in [0.1, 0.15) is 5.69 Å². The van der Waals surface area contributed by atoms with Gasteiger partial charge in [-0.15, -0.1) is 5.10 Å². The second kappa shape index (κ2) is 14.6. The van der Waals surface area contributed by atoms with Crippen LogP contribution >= 0.6 is 11.8 Å². The number of nitrogens with zero attached hydrogens (tertiary/aromatic N) is 6. The third kappa shape index (κ3) is 7.37. The fraction of sp³-hybridized carbons (Fsp3) is 0.243. The van der Waals surface area contributed by atoms with Crippen molar-refractivity contribution in [3.63, 3.8) is 0 Å². The molecule has 3 heterocycles. The molecule has 4 aromatic carbocycles. The Balaban J connectivity index is 1.05. The van der Waals surface area contributed by atoms with Crippen LogP contribution in [0.1, 0.15) is 52.1 Å². The first-order chi connectivity index (χ1) is 23.9. The lowest BCUT2D eigenvalue weighted by atomic mass is 9.91. The van der Waals surface area contributed by atoms with Gasteiger partial charge in [0.05, 0.1) is 36.0 Å². The molecule has 0 spiro atoms. The second-order valence-electron chi connectivity index (χ2n) is 12.0. The highest BCUT2D eigenvalue weighted by molar-refractivity contribution is 7.99. The minimum absolute atomic E-state index is 0.0114. The maximum Gasteiger partial charge on any atom is 0.271 e. The van der Waals surface area contributed by atoms with Crippen LogP contribution in [0.2, 0.25) is 0 Å². The van der Waals surface area contributed by atoms with E-state index in [1.165, 1.54) is 6.20 Å². The number of carbonyl (C=O) groups is 1. The molecule has 4 unspecified atom stereocenters. The van der Waals surface area contributed by atoms with E-state index in [4.69, 9.17) is 9.47 Å². The molecule has 4 atom stereocenters. The maximum atomic E-state index is 12.8. The van der Waals surface area contributed by atoms with E-state index in [-0.39, 0.29) is 36.3 Å². The van der Waals surface area contributed by atoms with Gasteiger partial charge in [0.2, 0.25) is 5.16 Å². The number of tetrazole rings is 1. The summed E-state index contributed by atoms with van der Waals surface area (Å²) >= 11 is 1.55. The van der Waals surface area contributed by atoms with E-state index in [0.29, 0.717) is 17.8 Å². The van der Waals surface area contributed by atoms with Gasteiger partial charge in [-0.1, -0.05) is 97.5 Å². The summed E-state index contributed by atoms with van der Waals surface area (Å²) in [6, 6.07) is 31.6. The van der Waals surface area contributed by atoms with Crippen LogP contribution in [0.25, 0.3) is 22.2 Å². The van der Waals surface area contributed by atoms with E-state index >= 15 is 0 Å². The van der Waals surface area contributed by atoms with Crippen molar-refractivity contribution in [2.24, 2.45) is 13.0 Å². The first-order valence-electron chi connectivity index (χ1n) is 16.0. The summed E-state index contributed by atoms with van der Waals surface area (Å²) < 4.78 is 14.9. The SMILES string of the molecule is CC1C(CSc2nnnn2C)OC(c2ccc(-c3cccc(CNC(=O)c4cnc5ccccc5n4)c3)cc2)OC1c1ccc(CO)cc1. The van der Waals surface area contributed by atoms with Crippen molar-refractivity contribution in [1.29, 1.82) is 0 Å². The number of para-hydroxylation sites is 2. The average Bonchev–Trinajstić information content (AvgIpc) is 3.57. The first-order valence-corrected chi connectivity index (χ1v) is 17.0. The summed E-state index contributed by atoms with van der Waals surface area (Å²) in [5, 5.41) is 25.1. The Hall–Kier alpha value is -5.01. The third-order valence-corrected chi connectivity index (χ3v) is 9.76. The van der Waals surface area contributed by atoms with Crippen molar-refractivity contribution in [1.82, 2.24) is 35.5 Å². The summed E-state index contributed by atoms with van der Waals surface area (Å²) in [5.74, 6) is 0.415. The summed E-state index contributed by atoms with van der Waals surface area (Å²) in [6.07, 6.45) is 0.550. The Labute approximate surface area is 287 Å². The molecule has 1 amide bonds. The van der Waals surface area contributed by atoms with Crippen molar-refractivity contribution in [3.8, 4) is 11.1 Å². The van der Waals surface area contributed by atoms with Crippen LogP contribution < -0.4 is 5.32 Å². The summed E-state index contributed by atoms with van der Waals surface area (Å²) in [6.45, 7) is 2.48. The number of carbonyl (C=O) groups excluding carboxylic acids is 1. The normalized spacial score (nSPS) is 19.2. The van der Waals surface area contributed by atoms with Crippen LogP contribution in [-0.4, -0.2) is 53.0 Å². The molecule has 6 aromatic rings. The van der Waals surface area contributed by atoms with Crippen LogP contribution in [0.3, 0.4) is 0 Å². The molecule has 0 saturated carbocycles. The largest absolute Gasteiger partial charge is 0.392 e. The minimum Gasteiger partial charge on any atom is -0.392 e. The number of aliphatic hydroxyl groups is 1. The number of nitrogens with one attached hydrogen (secondary N) is 1. The smallest absolute Gasteiger partial charge is 0.271 e. The molecular formula is C37H35N7O4S. The molecule has 49 heavy (non-hydrogen) atoms. The number of hydrogen-bond donors (Lipinski definition) is 2. The van der Waals surface area contributed by atoms with Gasteiger partial charge in [0, 0.05) is 30.8 Å². The Morgan fingerprint density at radius 2 is 1.67 bits per heavy atom. The summed E-state index contributed by atoms with van der Waals surface area (Å²) in [7, 11) is 1.82. The van der Waals surface area contributed by atoms with Crippen LogP contribution in [0, 0.1) is 5.92 Å². The minimum atomic E-state index is -0.587. The van der Waals surface area contributed by atoms with Gasteiger partial charge < -0.3 is 19.9 Å². The van der Waals surface area contributed by atoms with Crippen LogP contribution in [0.4, 0.5) is 0 Å². The molecule has 1 aliphatic rings. The van der Waals surface area contributed by atoms with Gasteiger partial charge >= 0.3 is 0 Å². The average molecular weight is 674 g/mol. The number of thioether (sulfide) groups is 1. The molecule has 12 heteroatoms. The van der Waals surface area contributed by atoms with Gasteiger partial charge in [0.25, 0.3) is 5.91 Å². The van der Waals surface area contributed by atoms with Crippen LogP contribution in [0.15, 0.2) is 108 Å². The Kier molecular flexibility index (Phi) is 9.71.